The third kappa shape index (κ3) is 4.97. The van der Waals surface area contributed by atoms with Gasteiger partial charge in [0.05, 0.1) is 23.4 Å². The van der Waals surface area contributed by atoms with E-state index in [1.807, 2.05) is 30.3 Å². The smallest absolute Gasteiger partial charge is 0.233 e. The summed E-state index contributed by atoms with van der Waals surface area (Å²) < 4.78 is 51.6. The molecule has 0 fully saturated rings. The lowest BCUT2D eigenvalue weighted by atomic mass is 10.2. The van der Waals surface area contributed by atoms with Crippen molar-refractivity contribution in [3.05, 3.63) is 60.2 Å². The van der Waals surface area contributed by atoms with Gasteiger partial charge < -0.3 is 0 Å². The Morgan fingerprint density at radius 2 is 1.50 bits per heavy atom. The Balaban J connectivity index is 2.18. The zero-order chi connectivity index (χ0) is 17.8. The minimum atomic E-state index is -3.61. The van der Waals surface area contributed by atoms with Crippen LogP contribution in [0.4, 0.5) is 11.4 Å². The number of benzene rings is 2. The largest absolute Gasteiger partial charge is 0.281 e. The van der Waals surface area contributed by atoms with Crippen molar-refractivity contribution in [3.8, 4) is 0 Å². The van der Waals surface area contributed by atoms with Crippen molar-refractivity contribution in [2.24, 2.45) is 0 Å². The van der Waals surface area contributed by atoms with Crippen LogP contribution >= 0.6 is 0 Å². The van der Waals surface area contributed by atoms with Crippen molar-refractivity contribution >= 4 is 31.4 Å². The number of hydrogen-bond donors (Lipinski definition) is 1. The number of anilines is 2. The molecule has 0 unspecified atom stereocenters. The number of rotatable bonds is 7. The normalized spacial score (nSPS) is 11.9. The lowest BCUT2D eigenvalue weighted by molar-refractivity contribution is 0.597. The van der Waals surface area contributed by atoms with E-state index in [1.54, 1.807) is 18.2 Å². The molecule has 2 aromatic rings. The number of hydrogen-bond acceptors (Lipinski definition) is 4. The Hall–Kier alpha value is -2.06. The maximum absolute atomic E-state index is 12.3. The maximum atomic E-state index is 12.3. The fourth-order valence-corrected chi connectivity index (χ4v) is 3.76. The molecule has 0 atom stereocenters. The molecule has 0 saturated carbocycles. The Labute approximate surface area is 143 Å². The molecule has 1 N–H and O–H groups in total. The summed E-state index contributed by atoms with van der Waals surface area (Å²) in [5.41, 5.74) is 1.44. The molecule has 0 heterocycles. The number of sulfonamides is 2. The molecule has 0 bridgehead atoms. The van der Waals surface area contributed by atoms with Gasteiger partial charge in [-0.05, 0) is 24.1 Å². The topological polar surface area (TPSA) is 83.6 Å². The molecule has 0 saturated heterocycles. The number of nitrogens with one attached hydrogen (secondary N) is 1. The van der Waals surface area contributed by atoms with Crippen LogP contribution in [0.15, 0.2) is 54.6 Å². The van der Waals surface area contributed by atoms with E-state index in [2.05, 4.69) is 4.72 Å². The van der Waals surface area contributed by atoms with Crippen molar-refractivity contribution in [2.75, 3.05) is 28.1 Å². The van der Waals surface area contributed by atoms with Crippen LogP contribution in [0, 0.1) is 0 Å². The highest BCUT2D eigenvalue weighted by molar-refractivity contribution is 7.93. The molecule has 2 rings (SSSR count). The summed E-state index contributed by atoms with van der Waals surface area (Å²) in [4.78, 5) is 0. The van der Waals surface area contributed by atoms with E-state index in [4.69, 9.17) is 0 Å². The van der Waals surface area contributed by atoms with Gasteiger partial charge in [0.25, 0.3) is 0 Å². The Bertz CT molecular complexity index is 895. The third-order valence-corrected chi connectivity index (χ3v) is 5.97. The van der Waals surface area contributed by atoms with Crippen LogP contribution in [-0.2, 0) is 26.5 Å². The lowest BCUT2D eigenvalue weighted by Crippen LogP contribution is -2.27. The second-order valence-electron chi connectivity index (χ2n) is 5.40. The van der Waals surface area contributed by atoms with E-state index in [0.717, 1.165) is 16.1 Å². The van der Waals surface area contributed by atoms with E-state index < -0.39 is 20.0 Å². The molecule has 0 radical (unpaired) electrons. The fourth-order valence-electron chi connectivity index (χ4n) is 2.13. The Kier molecular flexibility index (Phi) is 5.51. The first-order valence-electron chi connectivity index (χ1n) is 7.26. The predicted octanol–water partition coefficient (Wildman–Crippen LogP) is 2.07. The summed E-state index contributed by atoms with van der Waals surface area (Å²) in [5, 5.41) is 0. The van der Waals surface area contributed by atoms with Crippen LogP contribution in [0.25, 0.3) is 0 Å². The molecular formula is C16H20N2O4S2. The van der Waals surface area contributed by atoms with E-state index in [0.29, 0.717) is 6.42 Å². The molecule has 0 aliphatic heterocycles. The highest BCUT2D eigenvalue weighted by atomic mass is 32.2. The van der Waals surface area contributed by atoms with Gasteiger partial charge in [-0.1, -0.05) is 42.5 Å². The molecule has 0 aromatic heterocycles. The minimum absolute atomic E-state index is 0.0893. The molecule has 2 aromatic carbocycles. The summed E-state index contributed by atoms with van der Waals surface area (Å²) in [5.74, 6) is -0.0893. The minimum Gasteiger partial charge on any atom is -0.281 e. The van der Waals surface area contributed by atoms with Gasteiger partial charge >= 0.3 is 0 Å². The molecule has 0 spiro atoms. The SMILES string of the molecule is CN(c1ccccc1NS(=O)(=O)CCc1ccccc1)S(C)(=O)=O. The van der Waals surface area contributed by atoms with Gasteiger partial charge in [0, 0.05) is 7.05 Å². The van der Waals surface area contributed by atoms with Crippen LogP contribution in [0.1, 0.15) is 5.56 Å². The zero-order valence-electron chi connectivity index (χ0n) is 13.5. The summed E-state index contributed by atoms with van der Waals surface area (Å²) in [6.45, 7) is 0. The predicted molar refractivity (Wildman–Crippen MR) is 97.2 cm³/mol. The first kappa shape index (κ1) is 18.3. The summed E-state index contributed by atoms with van der Waals surface area (Å²) in [6, 6.07) is 15.7. The average Bonchev–Trinajstić information content (AvgIpc) is 2.53. The summed E-state index contributed by atoms with van der Waals surface area (Å²) in [7, 11) is -5.72. The lowest BCUT2D eigenvalue weighted by Gasteiger charge is -2.20. The van der Waals surface area contributed by atoms with Crippen LogP contribution in [0.3, 0.4) is 0 Å². The van der Waals surface area contributed by atoms with Gasteiger partial charge in [0.15, 0.2) is 0 Å². The summed E-state index contributed by atoms with van der Waals surface area (Å²) >= 11 is 0. The molecule has 24 heavy (non-hydrogen) atoms. The van der Waals surface area contributed by atoms with Crippen molar-refractivity contribution in [2.45, 2.75) is 6.42 Å². The first-order chi connectivity index (χ1) is 11.2. The third-order valence-electron chi connectivity index (χ3n) is 3.51. The van der Waals surface area contributed by atoms with Crippen molar-refractivity contribution in [1.29, 1.82) is 0 Å². The standard InChI is InChI=1S/C16H20N2O4S2/c1-18(23(2,19)20)16-11-7-6-10-15(16)17-24(21,22)13-12-14-8-4-3-5-9-14/h3-11,17H,12-13H2,1-2H3. The van der Waals surface area contributed by atoms with Crippen molar-refractivity contribution in [1.82, 2.24) is 0 Å². The second kappa shape index (κ2) is 7.23. The molecular weight excluding hydrogens is 348 g/mol. The zero-order valence-corrected chi connectivity index (χ0v) is 15.1. The van der Waals surface area contributed by atoms with E-state index in [-0.39, 0.29) is 17.1 Å². The molecule has 0 aliphatic carbocycles. The Morgan fingerprint density at radius 1 is 0.917 bits per heavy atom. The quantitative estimate of drug-likeness (QED) is 0.811. The van der Waals surface area contributed by atoms with Gasteiger partial charge in [-0.15, -0.1) is 0 Å². The van der Waals surface area contributed by atoms with Crippen molar-refractivity contribution in [3.63, 3.8) is 0 Å². The number of para-hydroxylation sites is 2. The highest BCUT2D eigenvalue weighted by Crippen LogP contribution is 2.27. The van der Waals surface area contributed by atoms with Gasteiger partial charge in [0.1, 0.15) is 0 Å². The molecule has 0 aliphatic rings. The molecule has 6 nitrogen and oxygen atoms in total. The van der Waals surface area contributed by atoms with Gasteiger partial charge in [-0.25, -0.2) is 16.8 Å². The van der Waals surface area contributed by atoms with Gasteiger partial charge in [-0.2, -0.15) is 0 Å². The summed E-state index contributed by atoms with van der Waals surface area (Å²) in [6.07, 6.45) is 1.44. The van der Waals surface area contributed by atoms with Gasteiger partial charge in [-0.3, -0.25) is 9.03 Å². The maximum Gasteiger partial charge on any atom is 0.233 e. The average molecular weight is 368 g/mol. The fraction of sp³-hybridized carbons (Fsp3) is 0.250. The second-order valence-corrected chi connectivity index (χ2v) is 9.26. The van der Waals surface area contributed by atoms with Crippen LogP contribution in [0.2, 0.25) is 0 Å². The van der Waals surface area contributed by atoms with Crippen LogP contribution < -0.4 is 9.03 Å². The van der Waals surface area contributed by atoms with Crippen LogP contribution in [0.5, 0.6) is 0 Å². The first-order valence-corrected chi connectivity index (χ1v) is 10.8. The molecule has 130 valence electrons. The van der Waals surface area contributed by atoms with E-state index in [1.165, 1.54) is 13.1 Å². The van der Waals surface area contributed by atoms with Gasteiger partial charge in [0.2, 0.25) is 20.0 Å². The Morgan fingerprint density at radius 3 is 2.12 bits per heavy atom. The van der Waals surface area contributed by atoms with E-state index in [9.17, 15) is 16.8 Å². The molecule has 0 amide bonds. The monoisotopic (exact) mass is 368 g/mol. The number of aryl methyl sites for hydroxylation is 1. The number of nitrogens with zero attached hydrogens (tertiary/aromatic N) is 1. The van der Waals surface area contributed by atoms with E-state index >= 15 is 0 Å². The van der Waals surface area contributed by atoms with Crippen LogP contribution in [-0.4, -0.2) is 35.9 Å². The highest BCUT2D eigenvalue weighted by Gasteiger charge is 2.18. The molecule has 8 heteroatoms. The van der Waals surface area contributed by atoms with Crippen molar-refractivity contribution < 1.29 is 16.8 Å².